The first kappa shape index (κ1) is 15.2. The Morgan fingerprint density at radius 2 is 2.05 bits per heavy atom. The van der Waals surface area contributed by atoms with Gasteiger partial charge < -0.3 is 14.7 Å². The van der Waals surface area contributed by atoms with Gasteiger partial charge in [0.05, 0.1) is 12.3 Å². The number of nitrogens with zero attached hydrogens (tertiary/aromatic N) is 3. The van der Waals surface area contributed by atoms with E-state index in [1.807, 2.05) is 0 Å². The molecular weight excluding hydrogens is 278 g/mol. The lowest BCUT2D eigenvalue weighted by Crippen LogP contribution is -2.48. The smallest absolute Gasteiger partial charge is 0.347 e. The Balaban J connectivity index is 2.10. The van der Waals surface area contributed by atoms with Crippen LogP contribution in [0, 0.1) is 0 Å². The molecule has 0 aromatic carbocycles. The number of methoxy groups -OCH3 is 1. The van der Waals surface area contributed by atoms with Crippen molar-refractivity contribution in [2.75, 3.05) is 38.2 Å². The van der Waals surface area contributed by atoms with Crippen molar-refractivity contribution in [2.45, 2.75) is 26.5 Å². The zero-order valence-electron chi connectivity index (χ0n) is 12.1. The second-order valence-corrected chi connectivity index (χ2v) is 6.10. The first-order valence-corrected chi connectivity index (χ1v) is 7.55. The number of anilines is 1. The highest BCUT2D eigenvalue weighted by Crippen LogP contribution is 2.28. The predicted octanol–water partition coefficient (Wildman–Crippen LogP) is 1.52. The Kier molecular flexibility index (Phi) is 4.95. The van der Waals surface area contributed by atoms with Crippen molar-refractivity contribution in [3.05, 3.63) is 10.6 Å². The average molecular weight is 299 g/mol. The van der Waals surface area contributed by atoms with Gasteiger partial charge in [0.15, 0.2) is 5.13 Å². The zero-order valence-corrected chi connectivity index (χ0v) is 12.9. The number of aromatic carboxylic acids is 1. The molecule has 0 saturated carbocycles. The standard InChI is InChI=1S/C13H21N3O3S/c1-9(2)15-4-6-16(7-5-15)13-14-10(8-19-3)11(20-13)12(17)18/h9H,4-8H2,1-3H3,(H,17,18). The summed E-state index contributed by atoms with van der Waals surface area (Å²) in [5, 5.41) is 10.00. The van der Waals surface area contributed by atoms with E-state index in [2.05, 4.69) is 28.6 Å². The number of carbonyl (C=O) groups is 1. The number of thiazole rings is 1. The molecule has 0 unspecified atom stereocenters. The van der Waals surface area contributed by atoms with Crippen molar-refractivity contribution in [3.8, 4) is 0 Å². The fraction of sp³-hybridized carbons (Fsp3) is 0.692. The lowest BCUT2D eigenvalue weighted by atomic mass is 10.2. The molecule has 1 N–H and O–H groups in total. The molecule has 0 spiro atoms. The molecule has 0 amide bonds. The second-order valence-electron chi connectivity index (χ2n) is 5.13. The third-order valence-corrected chi connectivity index (χ3v) is 4.62. The lowest BCUT2D eigenvalue weighted by molar-refractivity contribution is 0.0697. The number of hydrogen-bond donors (Lipinski definition) is 1. The van der Waals surface area contributed by atoms with Gasteiger partial charge >= 0.3 is 5.97 Å². The van der Waals surface area contributed by atoms with Gasteiger partial charge in [-0.1, -0.05) is 11.3 Å². The number of carboxylic acids is 1. The van der Waals surface area contributed by atoms with E-state index in [4.69, 9.17) is 4.74 Å². The van der Waals surface area contributed by atoms with Crippen LogP contribution in [0.2, 0.25) is 0 Å². The first-order valence-electron chi connectivity index (χ1n) is 6.74. The van der Waals surface area contributed by atoms with E-state index in [0.717, 1.165) is 31.3 Å². The first-order chi connectivity index (χ1) is 9.52. The molecule has 0 atom stereocenters. The third-order valence-electron chi connectivity index (χ3n) is 3.48. The molecule has 112 valence electrons. The molecule has 2 rings (SSSR count). The third kappa shape index (κ3) is 3.28. The Morgan fingerprint density at radius 3 is 2.55 bits per heavy atom. The predicted molar refractivity (Wildman–Crippen MR) is 78.7 cm³/mol. The summed E-state index contributed by atoms with van der Waals surface area (Å²) in [6.45, 7) is 8.37. The molecule has 7 heteroatoms. The summed E-state index contributed by atoms with van der Waals surface area (Å²) >= 11 is 1.24. The van der Waals surface area contributed by atoms with Gasteiger partial charge in [-0.05, 0) is 13.8 Å². The average Bonchev–Trinajstić information content (AvgIpc) is 2.83. The molecule has 20 heavy (non-hydrogen) atoms. The van der Waals surface area contributed by atoms with E-state index in [1.54, 1.807) is 7.11 Å². The molecule has 2 heterocycles. The molecule has 1 aromatic rings. The van der Waals surface area contributed by atoms with E-state index in [-0.39, 0.29) is 11.5 Å². The van der Waals surface area contributed by atoms with Crippen LogP contribution in [0.1, 0.15) is 29.2 Å². The number of rotatable bonds is 5. The van der Waals surface area contributed by atoms with Gasteiger partial charge in [0, 0.05) is 39.3 Å². The number of ether oxygens (including phenoxy) is 1. The van der Waals surface area contributed by atoms with Crippen LogP contribution in [0.15, 0.2) is 0 Å². The molecule has 1 aliphatic rings. The topological polar surface area (TPSA) is 65.9 Å². The maximum atomic E-state index is 11.2. The van der Waals surface area contributed by atoms with Crippen LogP contribution in [0.3, 0.4) is 0 Å². The minimum Gasteiger partial charge on any atom is -0.477 e. The van der Waals surface area contributed by atoms with E-state index in [0.29, 0.717) is 11.7 Å². The minimum atomic E-state index is -0.929. The van der Waals surface area contributed by atoms with E-state index < -0.39 is 5.97 Å². The zero-order chi connectivity index (χ0) is 14.7. The summed E-state index contributed by atoms with van der Waals surface area (Å²) in [5.41, 5.74) is 0.520. The Morgan fingerprint density at radius 1 is 1.40 bits per heavy atom. The van der Waals surface area contributed by atoms with Crippen LogP contribution in [-0.2, 0) is 11.3 Å². The van der Waals surface area contributed by atoms with Crippen molar-refractivity contribution >= 4 is 22.4 Å². The lowest BCUT2D eigenvalue weighted by Gasteiger charge is -2.36. The van der Waals surface area contributed by atoms with Crippen LogP contribution < -0.4 is 4.90 Å². The van der Waals surface area contributed by atoms with Crippen LogP contribution in [0.4, 0.5) is 5.13 Å². The quantitative estimate of drug-likeness (QED) is 0.889. The van der Waals surface area contributed by atoms with Crippen molar-refractivity contribution in [2.24, 2.45) is 0 Å². The van der Waals surface area contributed by atoms with Crippen molar-refractivity contribution in [3.63, 3.8) is 0 Å². The van der Waals surface area contributed by atoms with Crippen molar-refractivity contribution in [1.82, 2.24) is 9.88 Å². The van der Waals surface area contributed by atoms with Gasteiger partial charge in [-0.2, -0.15) is 0 Å². The SMILES string of the molecule is COCc1nc(N2CCN(C(C)C)CC2)sc1C(=O)O. The van der Waals surface area contributed by atoms with Gasteiger partial charge in [-0.3, -0.25) is 4.90 Å². The molecule has 1 aromatic heterocycles. The fourth-order valence-electron chi connectivity index (χ4n) is 2.31. The molecule has 1 fully saturated rings. The largest absolute Gasteiger partial charge is 0.477 e. The Hall–Kier alpha value is -1.18. The Labute approximate surface area is 123 Å². The van der Waals surface area contributed by atoms with Crippen molar-refractivity contribution < 1.29 is 14.6 Å². The number of carboxylic acid groups (broad SMARTS) is 1. The monoisotopic (exact) mass is 299 g/mol. The van der Waals surface area contributed by atoms with E-state index >= 15 is 0 Å². The maximum Gasteiger partial charge on any atom is 0.347 e. The summed E-state index contributed by atoms with van der Waals surface area (Å²) in [5.74, 6) is -0.929. The van der Waals surface area contributed by atoms with Crippen molar-refractivity contribution in [1.29, 1.82) is 0 Å². The molecule has 0 bridgehead atoms. The van der Waals surface area contributed by atoms with Crippen LogP contribution >= 0.6 is 11.3 Å². The summed E-state index contributed by atoms with van der Waals surface area (Å²) in [6.07, 6.45) is 0. The summed E-state index contributed by atoms with van der Waals surface area (Å²) in [7, 11) is 1.55. The number of piperazine rings is 1. The van der Waals surface area contributed by atoms with Crippen LogP contribution in [0.5, 0.6) is 0 Å². The fourth-order valence-corrected chi connectivity index (χ4v) is 3.27. The molecular formula is C13H21N3O3S. The minimum absolute atomic E-state index is 0.240. The normalized spacial score (nSPS) is 16.9. The van der Waals surface area contributed by atoms with E-state index in [1.165, 1.54) is 11.3 Å². The van der Waals surface area contributed by atoms with Crippen LogP contribution in [0.25, 0.3) is 0 Å². The van der Waals surface area contributed by atoms with Gasteiger partial charge in [-0.15, -0.1) is 0 Å². The van der Waals surface area contributed by atoms with Crippen LogP contribution in [-0.4, -0.2) is 60.3 Å². The van der Waals surface area contributed by atoms with E-state index in [9.17, 15) is 9.90 Å². The number of aromatic nitrogens is 1. The molecule has 0 aliphatic carbocycles. The maximum absolute atomic E-state index is 11.2. The summed E-state index contributed by atoms with van der Waals surface area (Å²) < 4.78 is 5.02. The molecule has 6 nitrogen and oxygen atoms in total. The second kappa shape index (κ2) is 6.51. The summed E-state index contributed by atoms with van der Waals surface area (Å²) in [6, 6.07) is 0.548. The highest BCUT2D eigenvalue weighted by Gasteiger charge is 2.24. The molecule has 1 aliphatic heterocycles. The highest BCUT2D eigenvalue weighted by atomic mass is 32.1. The van der Waals surface area contributed by atoms with Gasteiger partial charge in [0.25, 0.3) is 0 Å². The van der Waals surface area contributed by atoms with Gasteiger partial charge in [-0.25, -0.2) is 9.78 Å². The Bertz CT molecular complexity index is 467. The van der Waals surface area contributed by atoms with Gasteiger partial charge in [0.1, 0.15) is 4.88 Å². The highest BCUT2D eigenvalue weighted by molar-refractivity contribution is 7.17. The van der Waals surface area contributed by atoms with Gasteiger partial charge in [0.2, 0.25) is 0 Å². The summed E-state index contributed by atoms with van der Waals surface area (Å²) in [4.78, 5) is 20.5. The molecule has 1 saturated heterocycles. The number of hydrogen-bond acceptors (Lipinski definition) is 6. The molecule has 0 radical (unpaired) electrons.